The van der Waals surface area contributed by atoms with Crippen LogP contribution in [0.1, 0.15) is 5.56 Å². The molecule has 0 unspecified atom stereocenters. The molecule has 0 spiro atoms. The Bertz CT molecular complexity index is 830. The third-order valence-electron chi connectivity index (χ3n) is 3.51. The Labute approximate surface area is 167 Å². The van der Waals surface area contributed by atoms with Gasteiger partial charge in [0, 0.05) is 21.7 Å². The summed E-state index contributed by atoms with van der Waals surface area (Å²) in [4.78, 5) is 25.4. The van der Waals surface area contributed by atoms with E-state index in [2.05, 4.69) is 37.2 Å². The Hall–Kier alpha value is -1.93. The predicted octanol–water partition coefficient (Wildman–Crippen LogP) is 4.14. The highest BCUT2D eigenvalue weighted by Gasteiger charge is 2.15. The van der Waals surface area contributed by atoms with Crippen molar-refractivity contribution in [1.29, 1.82) is 0 Å². The minimum absolute atomic E-state index is 0.0233. The standard InChI is InChI=1S/C18H17Br2FN2O3/c1-11-7-12(19)3-5-15(11)22-17(24)9-23(2)18(25)10-26-16-6-4-13(20)8-14(16)21/h3-8H,9-10H2,1-2H3,(H,22,24). The lowest BCUT2D eigenvalue weighted by Gasteiger charge is -2.18. The van der Waals surface area contributed by atoms with Crippen molar-refractivity contribution >= 4 is 49.4 Å². The molecule has 26 heavy (non-hydrogen) atoms. The van der Waals surface area contributed by atoms with Gasteiger partial charge in [-0.05, 0) is 48.9 Å². The number of hydrogen-bond acceptors (Lipinski definition) is 3. The summed E-state index contributed by atoms with van der Waals surface area (Å²) in [7, 11) is 1.48. The van der Waals surface area contributed by atoms with Crippen LogP contribution in [-0.2, 0) is 9.59 Å². The summed E-state index contributed by atoms with van der Waals surface area (Å²) in [5.74, 6) is -1.36. The Balaban J connectivity index is 1.86. The largest absolute Gasteiger partial charge is 0.481 e. The first kappa shape index (κ1) is 20.4. The molecule has 0 fully saturated rings. The quantitative estimate of drug-likeness (QED) is 0.666. The number of nitrogens with one attached hydrogen (secondary N) is 1. The first-order valence-corrected chi connectivity index (χ1v) is 9.22. The van der Waals surface area contributed by atoms with Gasteiger partial charge in [-0.2, -0.15) is 0 Å². The number of aryl methyl sites for hydroxylation is 1. The van der Waals surface area contributed by atoms with E-state index in [1.807, 2.05) is 19.1 Å². The van der Waals surface area contributed by atoms with E-state index < -0.39 is 11.7 Å². The molecule has 8 heteroatoms. The number of benzene rings is 2. The van der Waals surface area contributed by atoms with Crippen molar-refractivity contribution in [1.82, 2.24) is 4.90 Å². The highest BCUT2D eigenvalue weighted by Crippen LogP contribution is 2.21. The normalized spacial score (nSPS) is 10.3. The van der Waals surface area contributed by atoms with Crippen molar-refractivity contribution in [3.63, 3.8) is 0 Å². The van der Waals surface area contributed by atoms with E-state index >= 15 is 0 Å². The number of carbonyl (C=O) groups excluding carboxylic acids is 2. The zero-order valence-corrected chi connectivity index (χ0v) is 17.4. The minimum Gasteiger partial charge on any atom is -0.481 e. The monoisotopic (exact) mass is 486 g/mol. The number of likely N-dealkylation sites (N-methyl/N-ethyl adjacent to an activating group) is 1. The number of anilines is 1. The molecule has 2 amide bonds. The second kappa shape index (κ2) is 9.14. The molecular weight excluding hydrogens is 471 g/mol. The summed E-state index contributed by atoms with van der Waals surface area (Å²) in [6, 6.07) is 9.76. The highest BCUT2D eigenvalue weighted by molar-refractivity contribution is 9.10. The Kier molecular flexibility index (Phi) is 7.16. The van der Waals surface area contributed by atoms with Gasteiger partial charge in [0.1, 0.15) is 0 Å². The first-order valence-electron chi connectivity index (χ1n) is 7.64. The molecule has 138 valence electrons. The molecule has 0 atom stereocenters. The summed E-state index contributed by atoms with van der Waals surface area (Å²) in [5.41, 5.74) is 1.57. The molecule has 0 saturated carbocycles. The number of nitrogens with zero attached hydrogens (tertiary/aromatic N) is 1. The van der Waals surface area contributed by atoms with E-state index in [1.54, 1.807) is 12.1 Å². The van der Waals surface area contributed by atoms with Crippen LogP contribution in [-0.4, -0.2) is 36.9 Å². The average Bonchev–Trinajstić information content (AvgIpc) is 2.56. The molecule has 0 saturated heterocycles. The van der Waals surface area contributed by atoms with Gasteiger partial charge in [-0.1, -0.05) is 31.9 Å². The van der Waals surface area contributed by atoms with Crippen LogP contribution in [0, 0.1) is 12.7 Å². The lowest BCUT2D eigenvalue weighted by Crippen LogP contribution is -2.37. The second-order valence-corrected chi connectivity index (χ2v) is 7.45. The van der Waals surface area contributed by atoms with Gasteiger partial charge >= 0.3 is 0 Å². The Morgan fingerprint density at radius 2 is 1.81 bits per heavy atom. The minimum atomic E-state index is -0.571. The van der Waals surface area contributed by atoms with E-state index in [0.29, 0.717) is 10.2 Å². The smallest absolute Gasteiger partial charge is 0.260 e. The summed E-state index contributed by atoms with van der Waals surface area (Å²) in [5, 5.41) is 2.75. The number of halogens is 3. The number of hydrogen-bond donors (Lipinski definition) is 1. The first-order chi connectivity index (χ1) is 12.3. The van der Waals surface area contributed by atoms with Crippen LogP contribution in [0.2, 0.25) is 0 Å². The molecule has 2 rings (SSSR count). The maximum Gasteiger partial charge on any atom is 0.260 e. The van der Waals surface area contributed by atoms with E-state index in [1.165, 1.54) is 24.1 Å². The van der Waals surface area contributed by atoms with E-state index in [9.17, 15) is 14.0 Å². The molecule has 0 aliphatic heterocycles. The van der Waals surface area contributed by atoms with Gasteiger partial charge in [0.25, 0.3) is 5.91 Å². The van der Waals surface area contributed by atoms with Crippen molar-refractivity contribution in [2.45, 2.75) is 6.92 Å². The molecule has 0 aliphatic carbocycles. The van der Waals surface area contributed by atoms with Crippen molar-refractivity contribution in [3.8, 4) is 5.75 Å². The fourth-order valence-corrected chi connectivity index (χ4v) is 2.91. The van der Waals surface area contributed by atoms with Crippen molar-refractivity contribution in [2.75, 3.05) is 25.5 Å². The zero-order valence-electron chi connectivity index (χ0n) is 14.2. The molecule has 1 N–H and O–H groups in total. The maximum absolute atomic E-state index is 13.7. The van der Waals surface area contributed by atoms with Crippen LogP contribution in [0.3, 0.4) is 0 Å². The van der Waals surface area contributed by atoms with Crippen LogP contribution >= 0.6 is 31.9 Å². The lowest BCUT2D eigenvalue weighted by atomic mass is 10.2. The highest BCUT2D eigenvalue weighted by atomic mass is 79.9. The lowest BCUT2D eigenvalue weighted by molar-refractivity contribution is -0.135. The third kappa shape index (κ3) is 5.81. The Morgan fingerprint density at radius 3 is 2.46 bits per heavy atom. The van der Waals surface area contributed by atoms with Gasteiger partial charge in [-0.15, -0.1) is 0 Å². The third-order valence-corrected chi connectivity index (χ3v) is 4.50. The number of ether oxygens (including phenoxy) is 1. The van der Waals surface area contributed by atoms with Crippen LogP contribution in [0.25, 0.3) is 0 Å². The molecule has 0 bridgehead atoms. The SMILES string of the molecule is Cc1cc(Br)ccc1NC(=O)CN(C)C(=O)COc1ccc(Br)cc1F. The summed E-state index contributed by atoms with van der Waals surface area (Å²) < 4.78 is 20.3. The summed E-state index contributed by atoms with van der Waals surface area (Å²) >= 11 is 6.50. The Morgan fingerprint density at radius 1 is 1.15 bits per heavy atom. The van der Waals surface area contributed by atoms with Crippen molar-refractivity contribution in [3.05, 3.63) is 56.7 Å². The zero-order chi connectivity index (χ0) is 19.3. The summed E-state index contributed by atoms with van der Waals surface area (Å²) in [6.07, 6.45) is 0. The molecular formula is C18H17Br2FN2O3. The fourth-order valence-electron chi connectivity index (χ4n) is 2.10. The van der Waals surface area contributed by atoms with Crippen LogP contribution in [0.4, 0.5) is 10.1 Å². The van der Waals surface area contributed by atoms with Crippen molar-refractivity contribution in [2.24, 2.45) is 0 Å². The van der Waals surface area contributed by atoms with Gasteiger partial charge in [0.15, 0.2) is 18.2 Å². The van der Waals surface area contributed by atoms with Gasteiger partial charge in [-0.3, -0.25) is 9.59 Å². The van der Waals surface area contributed by atoms with Gasteiger partial charge in [0.2, 0.25) is 5.91 Å². The number of amides is 2. The van der Waals surface area contributed by atoms with E-state index in [0.717, 1.165) is 10.0 Å². The molecule has 0 aromatic heterocycles. The number of carbonyl (C=O) groups is 2. The second-order valence-electron chi connectivity index (χ2n) is 5.62. The summed E-state index contributed by atoms with van der Waals surface area (Å²) in [6.45, 7) is 1.37. The number of rotatable bonds is 6. The van der Waals surface area contributed by atoms with Crippen LogP contribution in [0.5, 0.6) is 5.75 Å². The predicted molar refractivity (Wildman–Crippen MR) is 105 cm³/mol. The van der Waals surface area contributed by atoms with Crippen LogP contribution < -0.4 is 10.1 Å². The van der Waals surface area contributed by atoms with E-state index in [-0.39, 0.29) is 24.8 Å². The fraction of sp³-hybridized carbons (Fsp3) is 0.222. The maximum atomic E-state index is 13.7. The molecule has 2 aromatic rings. The molecule has 5 nitrogen and oxygen atoms in total. The average molecular weight is 488 g/mol. The van der Waals surface area contributed by atoms with Gasteiger partial charge in [-0.25, -0.2) is 4.39 Å². The molecule has 2 aromatic carbocycles. The molecule has 0 radical (unpaired) electrons. The molecule has 0 heterocycles. The molecule has 0 aliphatic rings. The topological polar surface area (TPSA) is 58.6 Å². The van der Waals surface area contributed by atoms with Gasteiger partial charge < -0.3 is 15.0 Å². The van der Waals surface area contributed by atoms with Gasteiger partial charge in [0.05, 0.1) is 6.54 Å². The van der Waals surface area contributed by atoms with Crippen LogP contribution in [0.15, 0.2) is 45.3 Å². The van der Waals surface area contributed by atoms with Crippen molar-refractivity contribution < 1.29 is 18.7 Å². The van der Waals surface area contributed by atoms with E-state index in [4.69, 9.17) is 4.74 Å².